The number of thiazole rings is 1. The lowest BCUT2D eigenvalue weighted by Crippen LogP contribution is -2.43. The molecule has 2 heterocycles. The number of carbonyl (C=O) groups is 1. The second-order valence-corrected chi connectivity index (χ2v) is 9.93. The smallest absolute Gasteiger partial charge is 0.228 e. The molecule has 6 nitrogen and oxygen atoms in total. The van der Waals surface area contributed by atoms with E-state index in [0.29, 0.717) is 30.3 Å². The normalized spacial score (nSPS) is 18.5. The van der Waals surface area contributed by atoms with Crippen molar-refractivity contribution in [3.8, 4) is 10.6 Å². The molecule has 1 aliphatic rings. The second kappa shape index (κ2) is 8.68. The molecule has 146 valence electrons. The molecule has 0 saturated carbocycles. The molecule has 0 spiro atoms. The number of methoxy groups -OCH3 is 1. The van der Waals surface area contributed by atoms with Crippen LogP contribution in [0.2, 0.25) is 5.02 Å². The summed E-state index contributed by atoms with van der Waals surface area (Å²) in [6.07, 6.45) is 0.598. The number of nitrogens with zero attached hydrogens (tertiary/aromatic N) is 2. The first-order valence-electron chi connectivity index (χ1n) is 8.58. The first-order valence-corrected chi connectivity index (χ1v) is 11.7. The maximum atomic E-state index is 12.8. The monoisotopic (exact) mass is 428 g/mol. The number of hydrogen-bond donors (Lipinski definition) is 0. The number of sulfone groups is 1. The number of rotatable bonds is 7. The highest BCUT2D eigenvalue weighted by Gasteiger charge is 2.34. The van der Waals surface area contributed by atoms with Gasteiger partial charge in [0.15, 0.2) is 9.84 Å². The maximum Gasteiger partial charge on any atom is 0.228 e. The van der Waals surface area contributed by atoms with E-state index in [1.54, 1.807) is 18.1 Å². The number of amides is 1. The first kappa shape index (κ1) is 20.3. The minimum atomic E-state index is -3.07. The molecular weight excluding hydrogens is 408 g/mol. The highest BCUT2D eigenvalue weighted by atomic mass is 35.5. The number of hydrogen-bond acceptors (Lipinski definition) is 6. The van der Waals surface area contributed by atoms with Crippen LogP contribution in [0.3, 0.4) is 0 Å². The number of benzene rings is 1. The van der Waals surface area contributed by atoms with Gasteiger partial charge in [0.1, 0.15) is 5.01 Å². The lowest BCUT2D eigenvalue weighted by Gasteiger charge is -2.27. The van der Waals surface area contributed by atoms with Gasteiger partial charge in [0.2, 0.25) is 5.91 Å². The van der Waals surface area contributed by atoms with Crippen LogP contribution in [0.1, 0.15) is 12.1 Å². The fraction of sp³-hybridized carbons (Fsp3) is 0.444. The summed E-state index contributed by atoms with van der Waals surface area (Å²) in [6, 6.07) is 7.14. The lowest BCUT2D eigenvalue weighted by atomic mass is 10.2. The molecule has 9 heteroatoms. The van der Waals surface area contributed by atoms with E-state index in [4.69, 9.17) is 16.3 Å². The van der Waals surface area contributed by atoms with Crippen molar-refractivity contribution in [3.63, 3.8) is 0 Å². The van der Waals surface area contributed by atoms with E-state index in [1.165, 1.54) is 11.3 Å². The van der Waals surface area contributed by atoms with Crippen molar-refractivity contribution in [2.45, 2.75) is 18.9 Å². The van der Waals surface area contributed by atoms with Gasteiger partial charge < -0.3 is 9.64 Å². The standard InChI is InChI=1S/C18H21ClN2O4S2/c1-25-8-7-21(14-6-9-27(23,24)12-14)17(22)10-13-11-26-18(20-13)15-4-2-3-5-16(15)19/h2-5,11,14H,6-10,12H2,1H3. The summed E-state index contributed by atoms with van der Waals surface area (Å²) in [4.78, 5) is 19.0. The van der Waals surface area contributed by atoms with Gasteiger partial charge in [-0.3, -0.25) is 4.79 Å². The van der Waals surface area contributed by atoms with Gasteiger partial charge in [0, 0.05) is 30.6 Å². The zero-order valence-electron chi connectivity index (χ0n) is 14.9. The Morgan fingerprint density at radius 3 is 2.85 bits per heavy atom. The summed E-state index contributed by atoms with van der Waals surface area (Å²) < 4.78 is 28.7. The van der Waals surface area contributed by atoms with Gasteiger partial charge in [0.25, 0.3) is 0 Å². The SMILES string of the molecule is COCCN(C(=O)Cc1csc(-c2ccccc2Cl)n1)C1CCS(=O)(=O)C1. The van der Waals surface area contributed by atoms with E-state index < -0.39 is 9.84 Å². The Hall–Kier alpha value is -1.48. The number of aromatic nitrogens is 1. The van der Waals surface area contributed by atoms with Gasteiger partial charge in [0.05, 0.1) is 35.2 Å². The van der Waals surface area contributed by atoms with E-state index >= 15 is 0 Å². The van der Waals surface area contributed by atoms with Gasteiger partial charge in [-0.2, -0.15) is 0 Å². The van der Waals surface area contributed by atoms with Crippen LogP contribution < -0.4 is 0 Å². The van der Waals surface area contributed by atoms with Crippen molar-refractivity contribution in [2.24, 2.45) is 0 Å². The minimum absolute atomic E-state index is 0.0182. The van der Waals surface area contributed by atoms with Crippen LogP contribution in [0, 0.1) is 0 Å². The molecular formula is C18H21ClN2O4S2. The highest BCUT2D eigenvalue weighted by Crippen LogP contribution is 2.30. The highest BCUT2D eigenvalue weighted by molar-refractivity contribution is 7.91. The van der Waals surface area contributed by atoms with Crippen molar-refractivity contribution in [1.29, 1.82) is 0 Å². The number of halogens is 1. The average molecular weight is 429 g/mol. The van der Waals surface area contributed by atoms with Crippen molar-refractivity contribution >= 4 is 38.7 Å². The Kier molecular flexibility index (Phi) is 6.52. The largest absolute Gasteiger partial charge is 0.383 e. The molecule has 1 aromatic heterocycles. The third-order valence-corrected chi connectivity index (χ3v) is 7.50. The number of carbonyl (C=O) groups excluding carboxylic acids is 1. The Labute approximate surface area is 168 Å². The summed E-state index contributed by atoms with van der Waals surface area (Å²) in [5, 5.41) is 3.22. The molecule has 0 radical (unpaired) electrons. The molecule has 0 aliphatic carbocycles. The van der Waals surface area contributed by atoms with Crippen molar-refractivity contribution in [2.75, 3.05) is 31.8 Å². The molecule has 1 amide bonds. The number of ether oxygens (including phenoxy) is 1. The Morgan fingerprint density at radius 1 is 1.41 bits per heavy atom. The molecule has 1 atom stereocenters. The van der Waals surface area contributed by atoms with Gasteiger partial charge in [-0.15, -0.1) is 11.3 Å². The quantitative estimate of drug-likeness (QED) is 0.677. The Morgan fingerprint density at radius 2 is 2.19 bits per heavy atom. The molecule has 0 N–H and O–H groups in total. The fourth-order valence-corrected chi connectivity index (χ4v) is 6.00. The summed E-state index contributed by atoms with van der Waals surface area (Å²) in [5.41, 5.74) is 1.49. The Bertz CT molecular complexity index is 914. The molecule has 1 unspecified atom stereocenters. The summed E-state index contributed by atoms with van der Waals surface area (Å²) in [6.45, 7) is 0.737. The fourth-order valence-electron chi connectivity index (χ4n) is 3.12. The van der Waals surface area contributed by atoms with Crippen molar-refractivity contribution in [1.82, 2.24) is 9.88 Å². The van der Waals surface area contributed by atoms with Crippen LogP contribution in [-0.2, 0) is 25.8 Å². The molecule has 27 heavy (non-hydrogen) atoms. The zero-order valence-corrected chi connectivity index (χ0v) is 17.3. The predicted octanol–water partition coefficient (Wildman–Crippen LogP) is 2.67. The van der Waals surface area contributed by atoms with E-state index in [9.17, 15) is 13.2 Å². The predicted molar refractivity (Wildman–Crippen MR) is 107 cm³/mol. The van der Waals surface area contributed by atoms with Crippen molar-refractivity contribution < 1.29 is 17.9 Å². The molecule has 1 saturated heterocycles. The molecule has 1 aromatic carbocycles. The van der Waals surface area contributed by atoms with E-state index in [1.807, 2.05) is 23.6 Å². The van der Waals surface area contributed by atoms with E-state index in [2.05, 4.69) is 4.98 Å². The van der Waals surface area contributed by atoms with Gasteiger partial charge in [-0.25, -0.2) is 13.4 Å². The molecule has 1 aliphatic heterocycles. The van der Waals surface area contributed by atoms with Gasteiger partial charge in [-0.05, 0) is 12.5 Å². The van der Waals surface area contributed by atoms with Crippen molar-refractivity contribution in [3.05, 3.63) is 40.4 Å². The summed E-state index contributed by atoms with van der Waals surface area (Å²) in [5.74, 6) is 0.0109. The van der Waals surface area contributed by atoms with E-state index in [0.717, 1.165) is 10.6 Å². The summed E-state index contributed by atoms with van der Waals surface area (Å²) >= 11 is 7.65. The van der Waals surface area contributed by atoms with Crippen LogP contribution in [0.4, 0.5) is 0 Å². The van der Waals surface area contributed by atoms with Crippen LogP contribution in [0.5, 0.6) is 0 Å². The van der Waals surface area contributed by atoms with Crippen LogP contribution in [0.25, 0.3) is 10.6 Å². The lowest BCUT2D eigenvalue weighted by molar-refractivity contribution is -0.133. The van der Waals surface area contributed by atoms with Gasteiger partial charge >= 0.3 is 0 Å². The summed E-state index contributed by atoms with van der Waals surface area (Å²) in [7, 11) is -1.51. The van der Waals surface area contributed by atoms with Crippen LogP contribution in [-0.4, -0.2) is 62.0 Å². The average Bonchev–Trinajstić information content (AvgIpc) is 3.22. The third kappa shape index (κ3) is 5.07. The molecule has 0 bridgehead atoms. The molecule has 3 rings (SSSR count). The maximum absolute atomic E-state index is 12.8. The topological polar surface area (TPSA) is 76.6 Å². The Balaban J connectivity index is 1.73. The first-order chi connectivity index (χ1) is 12.9. The van der Waals surface area contributed by atoms with Gasteiger partial charge in [-0.1, -0.05) is 29.8 Å². The minimum Gasteiger partial charge on any atom is -0.383 e. The molecule has 2 aromatic rings. The zero-order chi connectivity index (χ0) is 19.4. The van der Waals surface area contributed by atoms with E-state index in [-0.39, 0.29) is 29.9 Å². The van der Waals surface area contributed by atoms with Crippen LogP contribution in [0.15, 0.2) is 29.6 Å². The second-order valence-electron chi connectivity index (χ2n) is 6.44. The van der Waals surface area contributed by atoms with Crippen LogP contribution >= 0.6 is 22.9 Å². The third-order valence-electron chi connectivity index (χ3n) is 4.49. The molecule has 1 fully saturated rings.